The van der Waals surface area contributed by atoms with E-state index in [1.807, 2.05) is 0 Å². The van der Waals surface area contributed by atoms with Crippen LogP contribution in [0.1, 0.15) is 27.4 Å². The Kier molecular flexibility index (Phi) is 7.53. The van der Waals surface area contributed by atoms with Crippen molar-refractivity contribution in [1.82, 2.24) is 10.3 Å². The van der Waals surface area contributed by atoms with Gasteiger partial charge in [0.15, 0.2) is 0 Å². The summed E-state index contributed by atoms with van der Waals surface area (Å²) < 4.78 is -1.36. The first-order chi connectivity index (χ1) is 16.1. The molecule has 1 fully saturated rings. The Morgan fingerprint density at radius 2 is 1.56 bits per heavy atom. The van der Waals surface area contributed by atoms with E-state index in [1.54, 1.807) is 42.7 Å². The van der Waals surface area contributed by atoms with Crippen molar-refractivity contribution in [3.05, 3.63) is 91.6 Å². The standard InChI is InChI=1S/C23H15Cl6N3O2/c24-15-2-1-13(9-14(15)21(33)31-10-11-3-5-30-6-4-11)32-22(34)19-18(23(19,28)29)12-7-16(25)20(27)17(26)8-12/h1-9,18-19H,10H2,(H,31,33)(H,32,34)/t18-,19+/m1/s1. The molecule has 0 aliphatic heterocycles. The van der Waals surface area contributed by atoms with E-state index >= 15 is 0 Å². The lowest BCUT2D eigenvalue weighted by Gasteiger charge is -2.10. The lowest BCUT2D eigenvalue weighted by atomic mass is 10.1. The summed E-state index contributed by atoms with van der Waals surface area (Å²) in [5, 5.41) is 6.45. The molecule has 1 aliphatic rings. The second kappa shape index (κ2) is 10.1. The Bertz CT molecular complexity index is 1250. The van der Waals surface area contributed by atoms with Crippen molar-refractivity contribution in [3.8, 4) is 0 Å². The number of carbonyl (C=O) groups excluding carboxylic acids is 2. The highest BCUT2D eigenvalue weighted by atomic mass is 35.5. The van der Waals surface area contributed by atoms with Crippen LogP contribution in [0.3, 0.4) is 0 Å². The van der Waals surface area contributed by atoms with E-state index < -0.39 is 28.0 Å². The van der Waals surface area contributed by atoms with Crippen LogP contribution in [0, 0.1) is 5.92 Å². The zero-order valence-electron chi connectivity index (χ0n) is 17.1. The molecule has 5 nitrogen and oxygen atoms in total. The number of anilines is 1. The predicted octanol–water partition coefficient (Wildman–Crippen LogP) is 7.15. The number of rotatable bonds is 6. The molecule has 0 unspecified atom stereocenters. The minimum Gasteiger partial charge on any atom is -0.348 e. The average Bonchev–Trinajstić information content (AvgIpc) is 3.39. The van der Waals surface area contributed by atoms with E-state index in [0.29, 0.717) is 17.8 Å². The van der Waals surface area contributed by atoms with Gasteiger partial charge in [-0.25, -0.2) is 0 Å². The molecule has 11 heteroatoms. The van der Waals surface area contributed by atoms with E-state index in [0.717, 1.165) is 5.56 Å². The van der Waals surface area contributed by atoms with Crippen LogP contribution in [0.4, 0.5) is 5.69 Å². The van der Waals surface area contributed by atoms with E-state index in [4.69, 9.17) is 69.6 Å². The number of alkyl halides is 2. The highest BCUT2D eigenvalue weighted by Crippen LogP contribution is 2.65. The third-order valence-electron chi connectivity index (χ3n) is 5.38. The molecule has 0 bridgehead atoms. The van der Waals surface area contributed by atoms with Crippen LogP contribution in [0.2, 0.25) is 20.1 Å². The minimum absolute atomic E-state index is 0.208. The highest BCUT2D eigenvalue weighted by molar-refractivity contribution is 6.54. The molecule has 2 atom stereocenters. The minimum atomic E-state index is -1.36. The Hall–Kier alpha value is -1.73. The molecule has 2 amide bonds. The van der Waals surface area contributed by atoms with Crippen molar-refractivity contribution in [2.24, 2.45) is 5.92 Å². The number of benzene rings is 2. The summed E-state index contributed by atoms with van der Waals surface area (Å²) in [5.41, 5.74) is 2.05. The smallest absolute Gasteiger partial charge is 0.253 e. The van der Waals surface area contributed by atoms with Crippen molar-refractivity contribution < 1.29 is 9.59 Å². The lowest BCUT2D eigenvalue weighted by molar-refractivity contribution is -0.117. The Balaban J connectivity index is 1.47. The van der Waals surface area contributed by atoms with E-state index in [-0.39, 0.29) is 25.7 Å². The van der Waals surface area contributed by atoms with E-state index in [2.05, 4.69) is 15.6 Å². The van der Waals surface area contributed by atoms with Gasteiger partial charge in [0.1, 0.15) is 4.33 Å². The van der Waals surface area contributed by atoms with Crippen LogP contribution in [0.15, 0.2) is 54.9 Å². The zero-order chi connectivity index (χ0) is 24.6. The Morgan fingerprint density at radius 1 is 0.912 bits per heavy atom. The molecule has 1 aliphatic carbocycles. The predicted molar refractivity (Wildman–Crippen MR) is 138 cm³/mol. The van der Waals surface area contributed by atoms with Crippen LogP contribution in [0.25, 0.3) is 0 Å². The van der Waals surface area contributed by atoms with Gasteiger partial charge >= 0.3 is 0 Å². The van der Waals surface area contributed by atoms with Crippen molar-refractivity contribution >= 4 is 87.1 Å². The summed E-state index contributed by atoms with van der Waals surface area (Å²) in [7, 11) is 0. The first-order valence-electron chi connectivity index (χ1n) is 9.89. The van der Waals surface area contributed by atoms with Gasteiger partial charge in [0, 0.05) is 30.5 Å². The normalized spacial score (nSPS) is 18.3. The molecular weight excluding hydrogens is 563 g/mol. The maximum absolute atomic E-state index is 13.0. The molecule has 0 radical (unpaired) electrons. The molecule has 2 N–H and O–H groups in total. The topological polar surface area (TPSA) is 71.1 Å². The number of pyridine rings is 1. The summed E-state index contributed by atoms with van der Waals surface area (Å²) >= 11 is 37.3. The maximum Gasteiger partial charge on any atom is 0.253 e. The quantitative estimate of drug-likeness (QED) is 0.241. The van der Waals surface area contributed by atoms with Gasteiger partial charge in [-0.3, -0.25) is 14.6 Å². The molecule has 0 saturated heterocycles. The molecular formula is C23H15Cl6N3O2. The van der Waals surface area contributed by atoms with E-state index in [1.165, 1.54) is 12.1 Å². The zero-order valence-corrected chi connectivity index (χ0v) is 21.6. The summed E-state index contributed by atoms with van der Waals surface area (Å²) in [5.74, 6) is -2.14. The fraction of sp³-hybridized carbons (Fsp3) is 0.174. The van der Waals surface area contributed by atoms with Gasteiger partial charge in [-0.1, -0.05) is 46.4 Å². The molecule has 1 heterocycles. The van der Waals surface area contributed by atoms with Gasteiger partial charge in [0.25, 0.3) is 5.91 Å². The molecule has 34 heavy (non-hydrogen) atoms. The summed E-state index contributed by atoms with van der Waals surface area (Å²) in [6, 6.07) is 11.3. The number of aromatic nitrogens is 1. The number of carbonyl (C=O) groups is 2. The summed E-state index contributed by atoms with van der Waals surface area (Å²) in [4.78, 5) is 29.6. The summed E-state index contributed by atoms with van der Waals surface area (Å²) in [6.45, 7) is 0.297. The number of nitrogens with one attached hydrogen (secondary N) is 2. The lowest BCUT2D eigenvalue weighted by Crippen LogP contribution is -2.23. The van der Waals surface area contributed by atoms with Crippen LogP contribution in [-0.4, -0.2) is 21.1 Å². The van der Waals surface area contributed by atoms with Gasteiger partial charge < -0.3 is 10.6 Å². The second-order valence-corrected chi connectivity index (χ2v) is 10.7. The molecule has 3 aromatic rings. The van der Waals surface area contributed by atoms with Gasteiger partial charge in [0.2, 0.25) is 5.91 Å². The van der Waals surface area contributed by atoms with Crippen LogP contribution in [-0.2, 0) is 11.3 Å². The number of hydrogen-bond donors (Lipinski definition) is 2. The van der Waals surface area contributed by atoms with Gasteiger partial charge in [0.05, 0.1) is 31.6 Å². The van der Waals surface area contributed by atoms with Gasteiger partial charge in [-0.15, -0.1) is 23.2 Å². The fourth-order valence-corrected chi connectivity index (χ4v) is 5.24. The maximum atomic E-state index is 13.0. The van der Waals surface area contributed by atoms with Crippen molar-refractivity contribution in [2.45, 2.75) is 16.8 Å². The Labute approximate surface area is 225 Å². The Morgan fingerprint density at radius 3 is 2.21 bits per heavy atom. The number of nitrogens with zero attached hydrogens (tertiary/aromatic N) is 1. The monoisotopic (exact) mass is 575 g/mol. The second-order valence-electron chi connectivity index (χ2n) is 7.65. The largest absolute Gasteiger partial charge is 0.348 e. The third kappa shape index (κ3) is 5.25. The third-order valence-corrected chi connectivity index (χ3v) is 7.85. The van der Waals surface area contributed by atoms with Crippen LogP contribution in [0.5, 0.6) is 0 Å². The van der Waals surface area contributed by atoms with Crippen molar-refractivity contribution in [2.75, 3.05) is 5.32 Å². The molecule has 0 spiro atoms. The number of hydrogen-bond acceptors (Lipinski definition) is 3. The number of halogens is 6. The van der Waals surface area contributed by atoms with Crippen LogP contribution >= 0.6 is 69.6 Å². The first-order valence-corrected chi connectivity index (χ1v) is 12.2. The molecule has 1 saturated carbocycles. The van der Waals surface area contributed by atoms with Crippen LogP contribution < -0.4 is 10.6 Å². The highest BCUT2D eigenvalue weighted by Gasteiger charge is 2.67. The first kappa shape index (κ1) is 25.4. The molecule has 2 aromatic carbocycles. The van der Waals surface area contributed by atoms with E-state index in [9.17, 15) is 9.59 Å². The van der Waals surface area contributed by atoms with Crippen molar-refractivity contribution in [3.63, 3.8) is 0 Å². The van der Waals surface area contributed by atoms with Gasteiger partial charge in [-0.05, 0) is 53.6 Å². The summed E-state index contributed by atoms with van der Waals surface area (Å²) in [6.07, 6.45) is 3.27. The number of amides is 2. The average molecular weight is 578 g/mol. The van der Waals surface area contributed by atoms with Gasteiger partial charge in [-0.2, -0.15) is 0 Å². The fourth-order valence-electron chi connectivity index (χ4n) is 3.60. The van der Waals surface area contributed by atoms with Crippen molar-refractivity contribution in [1.29, 1.82) is 0 Å². The molecule has 176 valence electrons. The SMILES string of the molecule is O=C(NCc1ccncc1)c1cc(NC(=O)[C@@H]2[C@@H](c3cc(Cl)c(Cl)c(Cl)c3)C2(Cl)Cl)ccc1Cl. The molecule has 1 aromatic heterocycles. The molecule has 4 rings (SSSR count).